The van der Waals surface area contributed by atoms with Gasteiger partial charge in [-0.05, 0) is 61.9 Å². The molecule has 2 aromatic carbocycles. The van der Waals surface area contributed by atoms with Crippen LogP contribution in [0.1, 0.15) is 41.6 Å². The van der Waals surface area contributed by atoms with Gasteiger partial charge in [0.1, 0.15) is 0 Å². The molecule has 1 saturated carbocycles. The number of hydrogen-bond donors (Lipinski definition) is 2. The normalized spacial score (nSPS) is 19.0. The van der Waals surface area contributed by atoms with Crippen LogP contribution in [0.3, 0.4) is 0 Å². The number of para-hydroxylation sites is 1. The largest absolute Gasteiger partial charge is 0.416 e. The lowest BCUT2D eigenvalue weighted by molar-refractivity contribution is -0.137. The van der Waals surface area contributed by atoms with Gasteiger partial charge in [-0.3, -0.25) is 9.78 Å². The zero-order valence-corrected chi connectivity index (χ0v) is 18.0. The number of aromatic nitrogens is 1. The van der Waals surface area contributed by atoms with E-state index in [9.17, 15) is 18.0 Å². The van der Waals surface area contributed by atoms with Gasteiger partial charge in [0, 0.05) is 24.2 Å². The minimum Gasteiger partial charge on any atom is -0.383 e. The van der Waals surface area contributed by atoms with Gasteiger partial charge in [0.25, 0.3) is 5.91 Å². The summed E-state index contributed by atoms with van der Waals surface area (Å²) in [5.41, 5.74) is 0.908. The Labute approximate surface area is 189 Å². The Hall–Kier alpha value is -2.80. The molecule has 3 aromatic rings. The number of nitrogens with one attached hydrogen (secondary N) is 2. The Kier molecular flexibility index (Phi) is 6.55. The first-order valence-electron chi connectivity index (χ1n) is 10.6. The molecular weight excluding hydrogens is 439 g/mol. The van der Waals surface area contributed by atoms with E-state index in [-0.39, 0.29) is 16.6 Å². The average Bonchev–Trinajstić information content (AvgIpc) is 2.78. The van der Waals surface area contributed by atoms with Gasteiger partial charge < -0.3 is 10.6 Å². The van der Waals surface area contributed by atoms with E-state index in [1.807, 2.05) is 30.3 Å². The highest BCUT2D eigenvalue weighted by molar-refractivity contribution is 6.33. The van der Waals surface area contributed by atoms with Gasteiger partial charge in [-0.25, -0.2) is 0 Å². The maximum absolute atomic E-state index is 13.0. The first-order valence-corrected chi connectivity index (χ1v) is 10.9. The van der Waals surface area contributed by atoms with Gasteiger partial charge in [0.15, 0.2) is 0 Å². The zero-order valence-electron chi connectivity index (χ0n) is 17.3. The van der Waals surface area contributed by atoms with Crippen molar-refractivity contribution in [2.24, 2.45) is 5.92 Å². The highest BCUT2D eigenvalue weighted by Gasteiger charge is 2.32. The highest BCUT2D eigenvalue weighted by Crippen LogP contribution is 2.32. The number of anilines is 1. The van der Waals surface area contributed by atoms with E-state index in [4.69, 9.17) is 11.6 Å². The van der Waals surface area contributed by atoms with Crippen molar-refractivity contribution in [3.63, 3.8) is 0 Å². The lowest BCUT2D eigenvalue weighted by Gasteiger charge is -2.29. The number of hydrogen-bond acceptors (Lipinski definition) is 3. The van der Waals surface area contributed by atoms with E-state index in [0.29, 0.717) is 5.92 Å². The first-order chi connectivity index (χ1) is 15.3. The number of amides is 1. The lowest BCUT2D eigenvalue weighted by atomic mass is 9.85. The quantitative estimate of drug-likeness (QED) is 0.468. The molecule has 1 aromatic heterocycles. The Bertz CT molecular complexity index is 1110. The Morgan fingerprint density at radius 1 is 1.06 bits per heavy atom. The van der Waals surface area contributed by atoms with Crippen LogP contribution >= 0.6 is 11.6 Å². The van der Waals surface area contributed by atoms with Gasteiger partial charge >= 0.3 is 6.18 Å². The fourth-order valence-electron chi connectivity index (χ4n) is 4.15. The molecule has 168 valence electrons. The molecular formula is C24H23ClF3N3O. The maximum atomic E-state index is 13.0. The number of alkyl halides is 3. The van der Waals surface area contributed by atoms with Crippen LogP contribution < -0.4 is 10.6 Å². The molecule has 0 radical (unpaired) electrons. The van der Waals surface area contributed by atoms with Crippen molar-refractivity contribution in [2.75, 3.05) is 11.9 Å². The predicted octanol–water partition coefficient (Wildman–Crippen LogP) is 6.31. The zero-order chi connectivity index (χ0) is 22.7. The number of rotatable bonds is 5. The number of pyridine rings is 1. The summed E-state index contributed by atoms with van der Waals surface area (Å²) in [5.74, 6) is -0.122. The minimum absolute atomic E-state index is 0.0112. The summed E-state index contributed by atoms with van der Waals surface area (Å²) in [6, 6.07) is 12.7. The summed E-state index contributed by atoms with van der Waals surface area (Å²) in [4.78, 5) is 17.0. The van der Waals surface area contributed by atoms with Crippen LogP contribution in [-0.4, -0.2) is 23.5 Å². The fourth-order valence-corrected chi connectivity index (χ4v) is 4.35. The van der Waals surface area contributed by atoms with E-state index in [0.717, 1.165) is 67.0 Å². The summed E-state index contributed by atoms with van der Waals surface area (Å²) >= 11 is 5.98. The molecule has 4 nitrogen and oxygen atoms in total. The topological polar surface area (TPSA) is 54.0 Å². The number of nitrogens with zero attached hydrogens (tertiary/aromatic N) is 1. The van der Waals surface area contributed by atoms with Gasteiger partial charge in [-0.2, -0.15) is 13.2 Å². The Morgan fingerprint density at radius 2 is 1.81 bits per heavy atom. The number of benzene rings is 2. The van der Waals surface area contributed by atoms with Crippen molar-refractivity contribution in [1.82, 2.24) is 10.3 Å². The molecule has 0 aliphatic heterocycles. The second kappa shape index (κ2) is 9.36. The minimum atomic E-state index is -4.52. The van der Waals surface area contributed by atoms with E-state index in [1.54, 1.807) is 6.20 Å². The van der Waals surface area contributed by atoms with Crippen molar-refractivity contribution >= 4 is 34.1 Å². The molecule has 4 rings (SSSR count). The van der Waals surface area contributed by atoms with E-state index >= 15 is 0 Å². The van der Waals surface area contributed by atoms with Crippen LogP contribution in [0.15, 0.2) is 54.7 Å². The third-order valence-electron chi connectivity index (χ3n) is 5.93. The molecule has 1 fully saturated rings. The van der Waals surface area contributed by atoms with Crippen molar-refractivity contribution in [3.8, 4) is 0 Å². The monoisotopic (exact) mass is 461 g/mol. The van der Waals surface area contributed by atoms with E-state index in [2.05, 4.69) is 15.6 Å². The predicted molar refractivity (Wildman–Crippen MR) is 120 cm³/mol. The molecule has 8 heteroatoms. The second-order valence-corrected chi connectivity index (χ2v) is 8.55. The SMILES string of the molecule is O=C(N[C@H]1CC[C@H](CNc2cccc3cccnc23)CC1)c1cc(C(F)(F)F)ccc1Cl. The van der Waals surface area contributed by atoms with Crippen molar-refractivity contribution in [2.45, 2.75) is 37.9 Å². The molecule has 0 unspecified atom stereocenters. The smallest absolute Gasteiger partial charge is 0.383 e. The summed E-state index contributed by atoms with van der Waals surface area (Å²) in [7, 11) is 0. The van der Waals surface area contributed by atoms with Crippen molar-refractivity contribution < 1.29 is 18.0 Å². The molecule has 0 bridgehead atoms. The summed E-state index contributed by atoms with van der Waals surface area (Å²) in [6.45, 7) is 0.801. The number of halogens is 4. The molecule has 1 amide bonds. The molecule has 0 spiro atoms. The number of fused-ring (bicyclic) bond motifs is 1. The first kappa shape index (κ1) is 22.4. The third-order valence-corrected chi connectivity index (χ3v) is 6.26. The third kappa shape index (κ3) is 5.15. The van der Waals surface area contributed by atoms with Gasteiger partial charge in [-0.1, -0.05) is 29.8 Å². The molecule has 1 aliphatic rings. The Balaban J connectivity index is 1.31. The fraction of sp³-hybridized carbons (Fsp3) is 0.333. The van der Waals surface area contributed by atoms with E-state index < -0.39 is 17.6 Å². The molecule has 0 saturated heterocycles. The van der Waals surface area contributed by atoms with Gasteiger partial charge in [-0.15, -0.1) is 0 Å². The van der Waals surface area contributed by atoms with Gasteiger partial charge in [0.2, 0.25) is 0 Å². The summed E-state index contributed by atoms with van der Waals surface area (Å²) < 4.78 is 38.9. The van der Waals surface area contributed by atoms with Crippen LogP contribution in [0.5, 0.6) is 0 Å². The molecule has 1 aliphatic carbocycles. The highest BCUT2D eigenvalue weighted by atomic mass is 35.5. The summed E-state index contributed by atoms with van der Waals surface area (Å²) in [6.07, 6.45) is 0.603. The lowest BCUT2D eigenvalue weighted by Crippen LogP contribution is -2.38. The molecule has 0 atom stereocenters. The van der Waals surface area contributed by atoms with Crippen LogP contribution in [0, 0.1) is 5.92 Å². The van der Waals surface area contributed by atoms with Crippen LogP contribution in [0.4, 0.5) is 18.9 Å². The molecule has 1 heterocycles. The van der Waals surface area contributed by atoms with Crippen molar-refractivity contribution in [1.29, 1.82) is 0 Å². The standard InChI is InChI=1S/C24H23ClF3N3O/c25-20-11-8-17(24(26,27)28)13-19(20)23(32)31-18-9-6-15(7-10-18)14-30-21-5-1-3-16-4-2-12-29-22(16)21/h1-5,8,11-13,15,18,30H,6-7,9-10,14H2,(H,31,32)/t15-,18-. The molecule has 32 heavy (non-hydrogen) atoms. The molecule has 2 N–H and O–H groups in total. The maximum Gasteiger partial charge on any atom is 0.416 e. The van der Waals surface area contributed by atoms with E-state index in [1.165, 1.54) is 0 Å². The summed E-state index contributed by atoms with van der Waals surface area (Å²) in [5, 5.41) is 7.44. The number of carbonyl (C=O) groups excluding carboxylic acids is 1. The van der Waals surface area contributed by atoms with Crippen LogP contribution in [0.25, 0.3) is 10.9 Å². The van der Waals surface area contributed by atoms with Crippen molar-refractivity contribution in [3.05, 3.63) is 70.9 Å². The van der Waals surface area contributed by atoms with Gasteiger partial charge in [0.05, 0.1) is 27.4 Å². The van der Waals surface area contributed by atoms with Crippen LogP contribution in [0.2, 0.25) is 5.02 Å². The van der Waals surface area contributed by atoms with Crippen LogP contribution in [-0.2, 0) is 6.18 Å². The number of carbonyl (C=O) groups is 1. The second-order valence-electron chi connectivity index (χ2n) is 8.15. The average molecular weight is 462 g/mol. The Morgan fingerprint density at radius 3 is 2.56 bits per heavy atom.